The number of piperidine rings is 1. The number of rotatable bonds is 3. The Hall–Kier alpha value is -0.370. The third-order valence-corrected chi connectivity index (χ3v) is 4.86. The summed E-state index contributed by atoms with van der Waals surface area (Å²) in [6, 6.07) is 0. The summed E-state index contributed by atoms with van der Waals surface area (Å²) in [5.74, 6) is 2.31. The van der Waals surface area contributed by atoms with Gasteiger partial charge >= 0.3 is 0 Å². The van der Waals surface area contributed by atoms with E-state index in [4.69, 9.17) is 0 Å². The van der Waals surface area contributed by atoms with Crippen molar-refractivity contribution in [3.05, 3.63) is 0 Å². The van der Waals surface area contributed by atoms with E-state index in [0.29, 0.717) is 0 Å². The van der Waals surface area contributed by atoms with Gasteiger partial charge in [-0.05, 0) is 37.0 Å². The van der Waals surface area contributed by atoms with E-state index in [1.165, 1.54) is 38.6 Å². The Kier molecular flexibility index (Phi) is 4.47. The maximum atomic E-state index is 11.6. The minimum absolute atomic E-state index is 0.0333. The Labute approximate surface area is 112 Å². The van der Waals surface area contributed by atoms with Crippen LogP contribution in [0.1, 0.15) is 52.9 Å². The molecule has 0 aromatic carbocycles. The van der Waals surface area contributed by atoms with Crippen LogP contribution in [0.3, 0.4) is 0 Å². The SMILES string of the molecule is CC1CC(C)CN(CC2(C=O)CCCC(C)C2)C1. The van der Waals surface area contributed by atoms with Gasteiger partial charge in [0, 0.05) is 25.0 Å². The number of hydrogen-bond acceptors (Lipinski definition) is 2. The smallest absolute Gasteiger partial charge is 0.127 e. The Morgan fingerprint density at radius 1 is 1.17 bits per heavy atom. The minimum atomic E-state index is -0.0333. The van der Waals surface area contributed by atoms with Crippen molar-refractivity contribution >= 4 is 6.29 Å². The number of carbonyl (C=O) groups excluding carboxylic acids is 1. The van der Waals surface area contributed by atoms with Crippen molar-refractivity contribution in [2.45, 2.75) is 52.9 Å². The lowest BCUT2D eigenvalue weighted by atomic mass is 9.70. The van der Waals surface area contributed by atoms with E-state index >= 15 is 0 Å². The van der Waals surface area contributed by atoms with E-state index < -0.39 is 0 Å². The number of nitrogens with zero attached hydrogens (tertiary/aromatic N) is 1. The predicted octanol–water partition coefficient (Wildman–Crippen LogP) is 3.36. The number of carbonyl (C=O) groups is 1. The highest BCUT2D eigenvalue weighted by molar-refractivity contribution is 5.60. The second kappa shape index (κ2) is 5.73. The third-order valence-electron chi connectivity index (χ3n) is 4.86. The molecule has 104 valence electrons. The van der Waals surface area contributed by atoms with Crippen LogP contribution in [0.25, 0.3) is 0 Å². The van der Waals surface area contributed by atoms with E-state index in [0.717, 1.165) is 37.1 Å². The summed E-state index contributed by atoms with van der Waals surface area (Å²) in [5.41, 5.74) is -0.0333. The van der Waals surface area contributed by atoms with E-state index in [9.17, 15) is 4.79 Å². The van der Waals surface area contributed by atoms with Crippen LogP contribution in [0.15, 0.2) is 0 Å². The van der Waals surface area contributed by atoms with Crippen molar-refractivity contribution in [3.63, 3.8) is 0 Å². The van der Waals surface area contributed by atoms with Gasteiger partial charge in [0.25, 0.3) is 0 Å². The van der Waals surface area contributed by atoms with Crippen LogP contribution in [-0.2, 0) is 4.79 Å². The summed E-state index contributed by atoms with van der Waals surface area (Å²) in [6.07, 6.45) is 7.39. The molecule has 2 aliphatic rings. The fraction of sp³-hybridized carbons (Fsp3) is 0.938. The molecule has 4 atom stereocenters. The molecule has 1 aliphatic heterocycles. The average molecular weight is 251 g/mol. The highest BCUT2D eigenvalue weighted by Crippen LogP contribution is 2.39. The summed E-state index contributed by atoms with van der Waals surface area (Å²) in [6.45, 7) is 10.4. The summed E-state index contributed by atoms with van der Waals surface area (Å²) < 4.78 is 0. The largest absolute Gasteiger partial charge is 0.303 e. The van der Waals surface area contributed by atoms with Gasteiger partial charge in [0.1, 0.15) is 6.29 Å². The van der Waals surface area contributed by atoms with Gasteiger partial charge < -0.3 is 9.69 Å². The van der Waals surface area contributed by atoms with Crippen LogP contribution in [0.4, 0.5) is 0 Å². The van der Waals surface area contributed by atoms with Crippen molar-refractivity contribution in [1.82, 2.24) is 4.90 Å². The lowest BCUT2D eigenvalue weighted by Crippen LogP contribution is -2.47. The molecular weight excluding hydrogens is 222 g/mol. The van der Waals surface area contributed by atoms with Gasteiger partial charge in [-0.3, -0.25) is 0 Å². The molecule has 2 nitrogen and oxygen atoms in total. The maximum absolute atomic E-state index is 11.6. The third kappa shape index (κ3) is 3.34. The van der Waals surface area contributed by atoms with Crippen molar-refractivity contribution in [3.8, 4) is 0 Å². The molecule has 1 saturated carbocycles. The van der Waals surface area contributed by atoms with Crippen molar-refractivity contribution in [2.75, 3.05) is 19.6 Å². The van der Waals surface area contributed by atoms with E-state index in [1.807, 2.05) is 0 Å². The summed E-state index contributed by atoms with van der Waals surface area (Å²) in [5, 5.41) is 0. The molecule has 1 heterocycles. The molecule has 0 spiro atoms. The van der Waals surface area contributed by atoms with Gasteiger partial charge in [-0.15, -0.1) is 0 Å². The lowest BCUT2D eigenvalue weighted by Gasteiger charge is -2.43. The van der Waals surface area contributed by atoms with Crippen molar-refractivity contribution in [1.29, 1.82) is 0 Å². The van der Waals surface area contributed by atoms with Gasteiger partial charge in [-0.2, -0.15) is 0 Å². The van der Waals surface area contributed by atoms with Crippen LogP contribution in [0, 0.1) is 23.2 Å². The predicted molar refractivity (Wildman–Crippen MR) is 75.5 cm³/mol. The zero-order chi connectivity index (χ0) is 13.2. The monoisotopic (exact) mass is 251 g/mol. The van der Waals surface area contributed by atoms with Crippen molar-refractivity contribution < 1.29 is 4.79 Å². The molecule has 18 heavy (non-hydrogen) atoms. The molecular formula is C16H29NO. The molecule has 4 unspecified atom stereocenters. The van der Waals surface area contributed by atoms with Crippen LogP contribution < -0.4 is 0 Å². The molecule has 2 fully saturated rings. The van der Waals surface area contributed by atoms with Gasteiger partial charge in [0.05, 0.1) is 0 Å². The maximum Gasteiger partial charge on any atom is 0.127 e. The summed E-state index contributed by atoms with van der Waals surface area (Å²) in [4.78, 5) is 14.2. The first kappa shape index (κ1) is 14.0. The fourth-order valence-electron chi connectivity index (χ4n) is 4.36. The number of aldehydes is 1. The zero-order valence-corrected chi connectivity index (χ0v) is 12.3. The van der Waals surface area contributed by atoms with Crippen LogP contribution in [-0.4, -0.2) is 30.8 Å². The van der Waals surface area contributed by atoms with Gasteiger partial charge in [-0.25, -0.2) is 0 Å². The quantitative estimate of drug-likeness (QED) is 0.717. The molecule has 0 aromatic rings. The first-order valence-corrected chi connectivity index (χ1v) is 7.72. The second-order valence-corrected chi connectivity index (χ2v) is 7.32. The van der Waals surface area contributed by atoms with Gasteiger partial charge in [0.2, 0.25) is 0 Å². The Bertz CT molecular complexity index is 281. The highest BCUT2D eigenvalue weighted by Gasteiger charge is 2.37. The second-order valence-electron chi connectivity index (χ2n) is 7.32. The molecule has 0 amide bonds. The summed E-state index contributed by atoms with van der Waals surface area (Å²) in [7, 11) is 0. The number of hydrogen-bond donors (Lipinski definition) is 0. The van der Waals surface area contributed by atoms with Crippen LogP contribution in [0.2, 0.25) is 0 Å². The molecule has 0 aromatic heterocycles. The first-order valence-electron chi connectivity index (χ1n) is 7.72. The normalized spacial score (nSPS) is 42.7. The van der Waals surface area contributed by atoms with Gasteiger partial charge in [0.15, 0.2) is 0 Å². The molecule has 0 N–H and O–H groups in total. The Balaban J connectivity index is 1.98. The lowest BCUT2D eigenvalue weighted by molar-refractivity contribution is -0.120. The fourth-order valence-corrected chi connectivity index (χ4v) is 4.36. The number of likely N-dealkylation sites (tertiary alicyclic amines) is 1. The minimum Gasteiger partial charge on any atom is -0.303 e. The first-order chi connectivity index (χ1) is 8.53. The van der Waals surface area contributed by atoms with Crippen molar-refractivity contribution in [2.24, 2.45) is 23.2 Å². The molecule has 0 radical (unpaired) electrons. The van der Waals surface area contributed by atoms with Gasteiger partial charge in [-0.1, -0.05) is 33.6 Å². The van der Waals surface area contributed by atoms with E-state index in [2.05, 4.69) is 25.7 Å². The highest BCUT2D eigenvalue weighted by atomic mass is 16.1. The summed E-state index contributed by atoms with van der Waals surface area (Å²) >= 11 is 0. The standard InChI is InChI=1S/C16H29NO/c1-13-5-4-6-16(8-13,12-18)11-17-9-14(2)7-15(3)10-17/h12-15H,4-11H2,1-3H3. The Morgan fingerprint density at radius 3 is 2.39 bits per heavy atom. The topological polar surface area (TPSA) is 20.3 Å². The Morgan fingerprint density at radius 2 is 1.83 bits per heavy atom. The molecule has 2 rings (SSSR count). The molecule has 2 heteroatoms. The van der Waals surface area contributed by atoms with Crippen LogP contribution >= 0.6 is 0 Å². The average Bonchev–Trinajstić information content (AvgIpc) is 2.27. The zero-order valence-electron chi connectivity index (χ0n) is 12.3. The van der Waals surface area contributed by atoms with E-state index in [1.54, 1.807) is 0 Å². The molecule has 1 aliphatic carbocycles. The molecule has 1 saturated heterocycles. The van der Waals surface area contributed by atoms with Crippen LogP contribution in [0.5, 0.6) is 0 Å². The molecule has 0 bridgehead atoms. The van der Waals surface area contributed by atoms with E-state index in [-0.39, 0.29) is 5.41 Å².